The molecule has 1 atom stereocenters. The van der Waals surface area contributed by atoms with E-state index in [1.807, 2.05) is 24.3 Å². The second kappa shape index (κ2) is 4.69. The Hall–Kier alpha value is -0.990. The van der Waals surface area contributed by atoms with Gasteiger partial charge in [0, 0.05) is 17.0 Å². The molecule has 1 saturated heterocycles. The Morgan fingerprint density at radius 2 is 2.00 bits per heavy atom. The van der Waals surface area contributed by atoms with Gasteiger partial charge in [0.15, 0.2) is 0 Å². The molecular weight excluding hydrogens is 212 g/mol. The fourth-order valence-corrected chi connectivity index (χ4v) is 1.61. The lowest BCUT2D eigenvalue weighted by Crippen LogP contribution is -2.05. The van der Waals surface area contributed by atoms with E-state index in [2.05, 4.69) is 6.58 Å². The average molecular weight is 225 g/mol. The topological polar surface area (TPSA) is 18.5 Å². The number of benzene rings is 1. The average Bonchev–Trinajstić information content (AvgIpc) is 2.44. The van der Waals surface area contributed by atoms with Crippen LogP contribution in [0.25, 0.3) is 0 Å². The van der Waals surface area contributed by atoms with Crippen LogP contribution in [0, 0.1) is 0 Å². The van der Waals surface area contributed by atoms with Crippen molar-refractivity contribution in [2.24, 2.45) is 0 Å². The smallest absolute Gasteiger partial charge is 0.226 e. The third-order valence-electron chi connectivity index (χ3n) is 2.29. The van der Waals surface area contributed by atoms with Crippen molar-refractivity contribution < 1.29 is 9.47 Å². The van der Waals surface area contributed by atoms with E-state index in [9.17, 15) is 0 Å². The van der Waals surface area contributed by atoms with Gasteiger partial charge in [-0.05, 0) is 18.6 Å². The van der Waals surface area contributed by atoms with Crippen LogP contribution in [0.3, 0.4) is 0 Å². The normalized spacial score (nSPS) is 21.9. The molecule has 0 bridgehead atoms. The quantitative estimate of drug-likeness (QED) is 0.725. The zero-order valence-corrected chi connectivity index (χ0v) is 9.17. The van der Waals surface area contributed by atoms with Gasteiger partial charge in [-0.25, -0.2) is 0 Å². The third kappa shape index (κ3) is 2.74. The van der Waals surface area contributed by atoms with E-state index in [1.165, 1.54) is 0 Å². The molecule has 3 heteroatoms. The van der Waals surface area contributed by atoms with Crippen LogP contribution in [0.1, 0.15) is 24.7 Å². The highest BCUT2D eigenvalue weighted by atomic mass is 35.5. The molecule has 2 nitrogen and oxygen atoms in total. The van der Waals surface area contributed by atoms with Gasteiger partial charge in [0.05, 0.1) is 12.4 Å². The maximum atomic E-state index is 5.81. The molecule has 80 valence electrons. The predicted octanol–water partition coefficient (Wildman–Crippen LogP) is 3.68. The van der Waals surface area contributed by atoms with Crippen LogP contribution in [0.5, 0.6) is 0 Å². The molecule has 0 aliphatic carbocycles. The second-order valence-corrected chi connectivity index (χ2v) is 3.95. The summed E-state index contributed by atoms with van der Waals surface area (Å²) < 4.78 is 11.2. The summed E-state index contributed by atoms with van der Waals surface area (Å²) in [6, 6.07) is 7.48. The number of hydrogen-bond acceptors (Lipinski definition) is 2. The van der Waals surface area contributed by atoms with Crippen molar-refractivity contribution in [2.45, 2.75) is 19.1 Å². The van der Waals surface area contributed by atoms with Gasteiger partial charge in [0.25, 0.3) is 0 Å². The predicted molar refractivity (Wildman–Crippen MR) is 59.6 cm³/mol. The van der Waals surface area contributed by atoms with E-state index in [0.29, 0.717) is 11.6 Å². The van der Waals surface area contributed by atoms with Crippen LogP contribution in [-0.4, -0.2) is 6.61 Å². The van der Waals surface area contributed by atoms with Gasteiger partial charge < -0.3 is 9.47 Å². The summed E-state index contributed by atoms with van der Waals surface area (Å²) >= 11 is 5.81. The lowest BCUT2D eigenvalue weighted by Gasteiger charge is -2.17. The summed E-state index contributed by atoms with van der Waals surface area (Å²) in [5.41, 5.74) is 0.974. The highest BCUT2D eigenvalue weighted by Crippen LogP contribution is 2.27. The van der Waals surface area contributed by atoms with Crippen molar-refractivity contribution in [1.82, 2.24) is 0 Å². The van der Waals surface area contributed by atoms with E-state index in [4.69, 9.17) is 21.1 Å². The lowest BCUT2D eigenvalue weighted by atomic mass is 10.2. The molecule has 0 aromatic heterocycles. The minimum atomic E-state index is -0.336. The van der Waals surface area contributed by atoms with E-state index >= 15 is 0 Å². The molecule has 1 aliphatic rings. The molecule has 1 heterocycles. The molecule has 1 aromatic rings. The zero-order valence-electron chi connectivity index (χ0n) is 8.41. The van der Waals surface area contributed by atoms with Crippen molar-refractivity contribution >= 4 is 11.6 Å². The Morgan fingerprint density at radius 1 is 1.27 bits per heavy atom. The Kier molecular flexibility index (Phi) is 3.29. The van der Waals surface area contributed by atoms with Gasteiger partial charge in [-0.2, -0.15) is 0 Å². The van der Waals surface area contributed by atoms with E-state index < -0.39 is 0 Å². The van der Waals surface area contributed by atoms with Crippen molar-refractivity contribution in [3.8, 4) is 0 Å². The summed E-state index contributed by atoms with van der Waals surface area (Å²) in [5.74, 6) is 0.785. The molecule has 0 saturated carbocycles. The van der Waals surface area contributed by atoms with Crippen molar-refractivity contribution in [1.29, 1.82) is 0 Å². The first-order valence-corrected chi connectivity index (χ1v) is 5.35. The molecule has 0 radical (unpaired) electrons. The minimum Gasteiger partial charge on any atom is -0.466 e. The Balaban J connectivity index is 2.14. The van der Waals surface area contributed by atoms with Gasteiger partial charge in [-0.3, -0.25) is 0 Å². The third-order valence-corrected chi connectivity index (χ3v) is 2.54. The number of ether oxygens (including phenoxy) is 2. The first-order valence-electron chi connectivity index (χ1n) is 4.97. The van der Waals surface area contributed by atoms with E-state index in [-0.39, 0.29) is 6.29 Å². The van der Waals surface area contributed by atoms with Crippen LogP contribution in [-0.2, 0) is 9.47 Å². The molecule has 1 fully saturated rings. The molecule has 1 aliphatic heterocycles. The van der Waals surface area contributed by atoms with Crippen LogP contribution >= 0.6 is 11.6 Å². The van der Waals surface area contributed by atoms with E-state index in [0.717, 1.165) is 24.2 Å². The van der Waals surface area contributed by atoms with Crippen molar-refractivity contribution in [3.05, 3.63) is 47.2 Å². The van der Waals surface area contributed by atoms with Gasteiger partial charge in [-0.15, -0.1) is 0 Å². The summed E-state index contributed by atoms with van der Waals surface area (Å²) in [6.07, 6.45) is 1.49. The lowest BCUT2D eigenvalue weighted by molar-refractivity contribution is -0.107. The van der Waals surface area contributed by atoms with Gasteiger partial charge in [0.1, 0.15) is 0 Å². The monoisotopic (exact) mass is 224 g/mol. The van der Waals surface area contributed by atoms with Crippen molar-refractivity contribution in [3.63, 3.8) is 0 Å². The summed E-state index contributed by atoms with van der Waals surface area (Å²) in [5, 5.41) is 0.714. The van der Waals surface area contributed by atoms with Gasteiger partial charge in [-0.1, -0.05) is 30.3 Å². The maximum Gasteiger partial charge on any atom is 0.226 e. The van der Waals surface area contributed by atoms with Crippen LogP contribution in [0.2, 0.25) is 5.02 Å². The summed E-state index contributed by atoms with van der Waals surface area (Å²) in [7, 11) is 0. The Labute approximate surface area is 94.5 Å². The largest absolute Gasteiger partial charge is 0.466 e. The molecule has 0 amide bonds. The molecule has 15 heavy (non-hydrogen) atoms. The molecule has 0 N–H and O–H groups in total. The highest BCUT2D eigenvalue weighted by molar-refractivity contribution is 6.30. The molecule has 2 rings (SSSR count). The van der Waals surface area contributed by atoms with Crippen LogP contribution in [0.4, 0.5) is 0 Å². The van der Waals surface area contributed by atoms with Crippen LogP contribution in [0.15, 0.2) is 36.6 Å². The summed E-state index contributed by atoms with van der Waals surface area (Å²) in [4.78, 5) is 0. The van der Waals surface area contributed by atoms with Gasteiger partial charge in [0.2, 0.25) is 6.29 Å². The van der Waals surface area contributed by atoms with Gasteiger partial charge >= 0.3 is 0 Å². The summed E-state index contributed by atoms with van der Waals surface area (Å²) in [6.45, 7) is 4.54. The fraction of sp³-hybridized carbons (Fsp3) is 0.333. The Bertz CT molecular complexity index is 345. The fourth-order valence-electron chi connectivity index (χ4n) is 1.49. The van der Waals surface area contributed by atoms with Crippen molar-refractivity contribution in [2.75, 3.05) is 6.61 Å². The first-order chi connectivity index (χ1) is 7.25. The zero-order chi connectivity index (χ0) is 10.7. The van der Waals surface area contributed by atoms with E-state index in [1.54, 1.807) is 0 Å². The Morgan fingerprint density at radius 3 is 2.73 bits per heavy atom. The maximum absolute atomic E-state index is 5.81. The standard InChI is InChI=1S/C12H13ClO2/c1-9-3-2-8-14-12(15-9)10-4-6-11(13)7-5-10/h4-7,12H,1-3,8H2. The first kappa shape index (κ1) is 10.5. The number of halogens is 1. The number of hydrogen-bond donors (Lipinski definition) is 0. The SMILES string of the molecule is C=C1CCCOC(c2ccc(Cl)cc2)O1. The molecule has 0 spiro atoms. The minimum absolute atomic E-state index is 0.336. The second-order valence-electron chi connectivity index (χ2n) is 3.51. The molecular formula is C12H13ClO2. The molecule has 1 aromatic carbocycles. The number of allylic oxidation sites excluding steroid dienone is 1. The van der Waals surface area contributed by atoms with Crippen LogP contribution < -0.4 is 0 Å². The molecule has 1 unspecified atom stereocenters. The number of rotatable bonds is 1. The highest BCUT2D eigenvalue weighted by Gasteiger charge is 2.17.